The molecule has 0 atom stereocenters. The minimum Gasteiger partial charge on any atom is -0.380 e. The lowest BCUT2D eigenvalue weighted by Gasteiger charge is -2.31. The van der Waals surface area contributed by atoms with Gasteiger partial charge in [-0.05, 0) is 71.9 Å². The highest BCUT2D eigenvalue weighted by molar-refractivity contribution is 7.89. The molecule has 0 spiro atoms. The number of fused-ring (bicyclic) bond motifs is 1. The van der Waals surface area contributed by atoms with Crippen molar-refractivity contribution in [1.82, 2.24) is 9.29 Å². The van der Waals surface area contributed by atoms with Crippen LogP contribution in [0.4, 0.5) is 0 Å². The number of benzene rings is 2. The number of aromatic amines is 1. The van der Waals surface area contributed by atoms with Gasteiger partial charge in [-0.1, -0.05) is 30.3 Å². The Morgan fingerprint density at radius 2 is 1.80 bits per heavy atom. The zero-order valence-electron chi connectivity index (χ0n) is 19.9. The number of aromatic nitrogens is 1. The van der Waals surface area contributed by atoms with Gasteiger partial charge in [0.25, 0.3) is 0 Å². The Balaban J connectivity index is 1.33. The number of nitrogens with one attached hydrogen (secondary N) is 1. The molecule has 2 heterocycles. The van der Waals surface area contributed by atoms with Crippen LogP contribution in [0.1, 0.15) is 42.7 Å². The lowest BCUT2D eigenvalue weighted by Crippen LogP contribution is -2.40. The van der Waals surface area contributed by atoms with Crippen molar-refractivity contribution in [2.75, 3.05) is 32.1 Å². The van der Waals surface area contributed by atoms with Crippen molar-refractivity contribution in [3.05, 3.63) is 59.8 Å². The number of carbonyl (C=O) groups excluding carboxylic acids is 1. The van der Waals surface area contributed by atoms with E-state index in [4.69, 9.17) is 10.5 Å². The van der Waals surface area contributed by atoms with Crippen molar-refractivity contribution >= 4 is 26.8 Å². The Kier molecular flexibility index (Phi) is 6.95. The van der Waals surface area contributed by atoms with Gasteiger partial charge < -0.3 is 15.5 Å². The van der Waals surface area contributed by atoms with Gasteiger partial charge in [0.15, 0.2) is 0 Å². The predicted octanol–water partition coefficient (Wildman–Crippen LogP) is 3.80. The number of ether oxygens (including phenoxy) is 1. The van der Waals surface area contributed by atoms with Gasteiger partial charge in [-0.15, -0.1) is 0 Å². The maximum atomic E-state index is 12.8. The van der Waals surface area contributed by atoms with E-state index in [0.717, 1.165) is 40.4 Å². The van der Waals surface area contributed by atoms with Crippen LogP contribution in [-0.4, -0.2) is 55.7 Å². The number of hydrogen-bond acceptors (Lipinski definition) is 4. The number of primary amides is 1. The molecule has 1 saturated carbocycles. The summed E-state index contributed by atoms with van der Waals surface area (Å²) in [6, 6.07) is 14.3. The zero-order valence-corrected chi connectivity index (χ0v) is 20.7. The van der Waals surface area contributed by atoms with Crippen LogP contribution in [0.5, 0.6) is 0 Å². The molecule has 1 aliphatic heterocycles. The summed E-state index contributed by atoms with van der Waals surface area (Å²) >= 11 is 0. The lowest BCUT2D eigenvalue weighted by atomic mass is 9.88. The van der Waals surface area contributed by atoms with Crippen LogP contribution in [0.25, 0.3) is 22.0 Å². The predicted molar refractivity (Wildman–Crippen MR) is 138 cm³/mol. The Bertz CT molecular complexity index is 1290. The molecule has 2 fully saturated rings. The second-order valence-electron chi connectivity index (χ2n) is 9.82. The first-order chi connectivity index (χ1) is 16.9. The van der Waals surface area contributed by atoms with Crippen molar-refractivity contribution in [1.29, 1.82) is 0 Å². The number of hydrogen-bond donors (Lipinski definition) is 2. The van der Waals surface area contributed by atoms with E-state index in [2.05, 4.69) is 23.2 Å². The lowest BCUT2D eigenvalue weighted by molar-refractivity contribution is -0.117. The van der Waals surface area contributed by atoms with Crippen LogP contribution in [0.2, 0.25) is 0 Å². The highest BCUT2D eigenvalue weighted by Gasteiger charge is 2.30. The molecule has 1 aromatic heterocycles. The van der Waals surface area contributed by atoms with Crippen molar-refractivity contribution in [3.63, 3.8) is 0 Å². The second-order valence-corrected chi connectivity index (χ2v) is 11.9. The Hall–Kier alpha value is -2.68. The summed E-state index contributed by atoms with van der Waals surface area (Å²) in [5.41, 5.74) is 10.7. The van der Waals surface area contributed by atoms with Gasteiger partial charge in [0.05, 0.1) is 18.8 Å². The third-order valence-corrected chi connectivity index (χ3v) is 9.03. The number of carbonyl (C=O) groups is 1. The molecule has 0 unspecified atom stereocenters. The molecule has 3 aromatic rings. The number of H-pyrrole nitrogens is 1. The molecule has 5 rings (SSSR count). The summed E-state index contributed by atoms with van der Waals surface area (Å²) in [7, 11) is -3.31. The maximum absolute atomic E-state index is 12.8. The number of nitrogens with zero attached hydrogens (tertiary/aromatic N) is 1. The number of nitrogens with two attached hydrogens (primary N) is 1. The second kappa shape index (κ2) is 10.1. The van der Waals surface area contributed by atoms with Gasteiger partial charge >= 0.3 is 0 Å². The SMILES string of the molecule is NC(=O)Cc1cc(-c2ccccc2)cc2c(C3CCN(S(=O)(=O)CCOCC4CC4)CC3)c[nH]c12. The minimum absolute atomic E-state index is 0.0500. The van der Waals surface area contributed by atoms with E-state index in [1.165, 1.54) is 18.4 Å². The third kappa shape index (κ3) is 5.60. The molecule has 0 radical (unpaired) electrons. The molecule has 3 N–H and O–H groups in total. The number of sulfonamides is 1. The average Bonchev–Trinajstić information content (AvgIpc) is 3.58. The van der Waals surface area contributed by atoms with Crippen molar-refractivity contribution in [3.8, 4) is 11.1 Å². The fraction of sp³-hybridized carbons (Fsp3) is 0.444. The monoisotopic (exact) mass is 495 g/mol. The van der Waals surface area contributed by atoms with Gasteiger partial charge in [-0.2, -0.15) is 0 Å². The van der Waals surface area contributed by atoms with Crippen LogP contribution in [-0.2, 0) is 26.0 Å². The van der Waals surface area contributed by atoms with E-state index in [9.17, 15) is 13.2 Å². The van der Waals surface area contributed by atoms with Crippen molar-refractivity contribution in [2.24, 2.45) is 11.7 Å². The van der Waals surface area contributed by atoms with E-state index >= 15 is 0 Å². The van der Waals surface area contributed by atoms with Crippen molar-refractivity contribution < 1.29 is 17.9 Å². The minimum atomic E-state index is -3.31. The third-order valence-electron chi connectivity index (χ3n) is 7.20. The maximum Gasteiger partial charge on any atom is 0.221 e. The van der Waals surface area contributed by atoms with Gasteiger partial charge in [-0.25, -0.2) is 12.7 Å². The first-order valence-corrected chi connectivity index (χ1v) is 14.0. The highest BCUT2D eigenvalue weighted by Crippen LogP contribution is 2.37. The summed E-state index contributed by atoms with van der Waals surface area (Å²) in [6.07, 6.45) is 6.10. The summed E-state index contributed by atoms with van der Waals surface area (Å²) in [6.45, 7) is 1.97. The van der Waals surface area contributed by atoms with Crippen LogP contribution >= 0.6 is 0 Å². The van der Waals surface area contributed by atoms with Gasteiger partial charge in [0, 0.05) is 36.8 Å². The Labute approximate surface area is 206 Å². The molecule has 186 valence electrons. The summed E-state index contributed by atoms with van der Waals surface area (Å²) < 4.78 is 32.8. The van der Waals surface area contributed by atoms with Crippen LogP contribution < -0.4 is 5.73 Å². The molecular weight excluding hydrogens is 462 g/mol. The van der Waals surface area contributed by atoms with E-state index in [1.54, 1.807) is 4.31 Å². The molecule has 2 aromatic carbocycles. The zero-order chi connectivity index (χ0) is 24.4. The van der Waals surface area contributed by atoms with E-state index in [-0.39, 0.29) is 30.6 Å². The highest BCUT2D eigenvalue weighted by atomic mass is 32.2. The van der Waals surface area contributed by atoms with Gasteiger partial charge in [-0.3, -0.25) is 4.79 Å². The molecule has 7 nitrogen and oxygen atoms in total. The van der Waals surface area contributed by atoms with Gasteiger partial charge in [0.1, 0.15) is 0 Å². The number of rotatable bonds is 10. The topological polar surface area (TPSA) is 105 Å². The summed E-state index contributed by atoms with van der Waals surface area (Å²) in [4.78, 5) is 15.1. The van der Waals surface area contributed by atoms with Crippen LogP contribution in [0.15, 0.2) is 48.7 Å². The smallest absolute Gasteiger partial charge is 0.221 e. The molecule has 0 bridgehead atoms. The van der Waals surface area contributed by atoms with E-state index in [0.29, 0.717) is 25.6 Å². The fourth-order valence-electron chi connectivity index (χ4n) is 5.06. The normalized spacial score (nSPS) is 17.7. The first-order valence-electron chi connectivity index (χ1n) is 12.4. The number of piperidine rings is 1. The molecule has 1 aliphatic carbocycles. The molecular formula is C27H33N3O4S. The molecule has 35 heavy (non-hydrogen) atoms. The van der Waals surface area contributed by atoms with E-state index < -0.39 is 10.0 Å². The largest absolute Gasteiger partial charge is 0.380 e. The number of amides is 1. The van der Waals surface area contributed by atoms with Gasteiger partial charge in [0.2, 0.25) is 15.9 Å². The molecule has 1 amide bonds. The molecule has 2 aliphatic rings. The fourth-order valence-corrected chi connectivity index (χ4v) is 6.42. The Morgan fingerprint density at radius 1 is 1.06 bits per heavy atom. The van der Waals surface area contributed by atoms with Crippen molar-refractivity contribution in [2.45, 2.75) is 38.0 Å². The van der Waals surface area contributed by atoms with Crippen LogP contribution in [0, 0.1) is 5.92 Å². The molecule has 8 heteroatoms. The van der Waals surface area contributed by atoms with E-state index in [1.807, 2.05) is 30.5 Å². The average molecular weight is 496 g/mol. The standard InChI is InChI=1S/C27H33N3O4S/c28-26(31)16-23-14-22(20-4-2-1-3-5-20)15-24-25(17-29-27(23)24)21-8-10-30(11-9-21)35(32,33)13-12-34-18-19-6-7-19/h1-5,14-15,17,19,21,29H,6-13,16,18H2,(H2,28,31). The summed E-state index contributed by atoms with van der Waals surface area (Å²) in [5.74, 6) is 0.561. The Morgan fingerprint density at radius 3 is 2.49 bits per heavy atom. The van der Waals surface area contributed by atoms with Crippen LogP contribution in [0.3, 0.4) is 0 Å². The first kappa shape index (κ1) is 24.0. The summed E-state index contributed by atoms with van der Waals surface area (Å²) in [5, 5.41) is 1.08. The quantitative estimate of drug-likeness (QED) is 0.417. The molecule has 1 saturated heterocycles.